The fraction of sp³-hybridized carbons (Fsp3) is 0.138. The number of aromatic hydroxyl groups is 1. The van der Waals surface area contributed by atoms with Crippen molar-refractivity contribution in [1.82, 2.24) is 9.88 Å². The number of phenolic OH excluding ortho intramolecular Hbond substituents is 1. The zero-order valence-corrected chi connectivity index (χ0v) is 20.6. The van der Waals surface area contributed by atoms with Gasteiger partial charge >= 0.3 is 0 Å². The number of nitriles is 1. The summed E-state index contributed by atoms with van der Waals surface area (Å²) >= 11 is 0. The van der Waals surface area contributed by atoms with E-state index in [0.29, 0.717) is 41.1 Å². The van der Waals surface area contributed by atoms with Gasteiger partial charge < -0.3 is 25.4 Å². The van der Waals surface area contributed by atoms with Crippen molar-refractivity contribution in [2.24, 2.45) is 0 Å². The number of pyridine rings is 1. The number of aromatic nitrogens is 1. The number of ether oxygens (including phenoxy) is 1. The van der Waals surface area contributed by atoms with Crippen molar-refractivity contribution in [1.29, 1.82) is 5.26 Å². The molecule has 186 valence electrons. The number of nitrogens with one attached hydrogen (secondary N) is 2. The van der Waals surface area contributed by atoms with Crippen molar-refractivity contribution < 1.29 is 14.6 Å². The Morgan fingerprint density at radius 3 is 2.59 bits per heavy atom. The number of benzene rings is 3. The maximum atomic E-state index is 12.3. The Labute approximate surface area is 215 Å². The van der Waals surface area contributed by atoms with Crippen LogP contribution in [0.5, 0.6) is 11.5 Å². The molecule has 0 bridgehead atoms. The molecular formula is C29H27N5O3. The van der Waals surface area contributed by atoms with Gasteiger partial charge in [-0.25, -0.2) is 0 Å². The summed E-state index contributed by atoms with van der Waals surface area (Å²) in [5.74, 6) is 0.221. The molecule has 1 amide bonds. The van der Waals surface area contributed by atoms with Crippen LogP contribution in [0.1, 0.15) is 11.1 Å². The highest BCUT2D eigenvalue weighted by Crippen LogP contribution is 2.35. The number of rotatable bonds is 9. The Balaban J connectivity index is 1.57. The monoisotopic (exact) mass is 493 g/mol. The second-order valence-electron chi connectivity index (χ2n) is 8.62. The topological polar surface area (TPSA) is 111 Å². The molecule has 0 saturated carbocycles. The minimum absolute atomic E-state index is 0.120. The van der Waals surface area contributed by atoms with Crippen molar-refractivity contribution in [2.45, 2.75) is 6.61 Å². The third kappa shape index (κ3) is 6.63. The lowest BCUT2D eigenvalue weighted by molar-refractivity contribution is -0.111. The van der Waals surface area contributed by atoms with Gasteiger partial charge in [-0.2, -0.15) is 5.26 Å². The summed E-state index contributed by atoms with van der Waals surface area (Å²) in [5.41, 5.74) is 3.35. The minimum Gasteiger partial charge on any atom is -0.506 e. The Hall–Kier alpha value is -4.87. The number of amides is 1. The minimum atomic E-state index is -0.374. The molecule has 0 radical (unpaired) electrons. The number of hydrogen-bond donors (Lipinski definition) is 3. The summed E-state index contributed by atoms with van der Waals surface area (Å²) in [7, 11) is 3.80. The Kier molecular flexibility index (Phi) is 7.98. The number of fused-ring (bicyclic) bond motifs is 1. The average Bonchev–Trinajstić information content (AvgIpc) is 2.89. The number of carbonyl (C=O) groups is 1. The first-order chi connectivity index (χ1) is 17.9. The zero-order valence-electron chi connectivity index (χ0n) is 20.6. The van der Waals surface area contributed by atoms with Crippen LogP contribution in [0.15, 0.2) is 85.1 Å². The van der Waals surface area contributed by atoms with E-state index in [1.54, 1.807) is 12.1 Å². The van der Waals surface area contributed by atoms with Crippen LogP contribution >= 0.6 is 0 Å². The summed E-state index contributed by atoms with van der Waals surface area (Å²) in [5, 5.41) is 26.7. The highest BCUT2D eigenvalue weighted by atomic mass is 16.5. The van der Waals surface area contributed by atoms with Crippen molar-refractivity contribution in [3.05, 3.63) is 96.2 Å². The predicted molar refractivity (Wildman–Crippen MR) is 145 cm³/mol. The maximum absolute atomic E-state index is 12.3. The van der Waals surface area contributed by atoms with Gasteiger partial charge in [0.05, 0.1) is 22.5 Å². The summed E-state index contributed by atoms with van der Waals surface area (Å²) in [6.45, 7) is 1.07. The quantitative estimate of drug-likeness (QED) is 0.217. The first-order valence-corrected chi connectivity index (χ1v) is 11.6. The molecule has 1 aromatic heterocycles. The molecule has 8 heteroatoms. The lowest BCUT2D eigenvalue weighted by Gasteiger charge is -2.14. The molecule has 0 aliphatic heterocycles. The van der Waals surface area contributed by atoms with Crippen LogP contribution < -0.4 is 15.4 Å². The molecule has 0 aliphatic carbocycles. The molecule has 37 heavy (non-hydrogen) atoms. The maximum Gasteiger partial charge on any atom is 0.248 e. The van der Waals surface area contributed by atoms with Crippen molar-refractivity contribution in [3.63, 3.8) is 0 Å². The van der Waals surface area contributed by atoms with E-state index >= 15 is 0 Å². The molecule has 0 unspecified atom stereocenters. The molecule has 8 nitrogen and oxygen atoms in total. The van der Waals surface area contributed by atoms with E-state index in [9.17, 15) is 15.2 Å². The molecular weight excluding hydrogens is 466 g/mol. The van der Waals surface area contributed by atoms with Crippen molar-refractivity contribution in [2.75, 3.05) is 31.3 Å². The first kappa shape index (κ1) is 25.2. The summed E-state index contributed by atoms with van der Waals surface area (Å²) < 4.78 is 5.85. The van der Waals surface area contributed by atoms with Gasteiger partial charge in [0.15, 0.2) is 0 Å². The highest BCUT2D eigenvalue weighted by molar-refractivity contribution is 6.04. The SMILES string of the molecule is CN(C)C/C=C/C(=O)Nc1cc2c(Nc3ccc(OCc4ccccc4)cc3)c(C#N)cnc2cc1O. The fourth-order valence-corrected chi connectivity index (χ4v) is 3.61. The summed E-state index contributed by atoms with van der Waals surface area (Å²) in [6.07, 6.45) is 4.58. The van der Waals surface area contributed by atoms with Gasteiger partial charge in [-0.3, -0.25) is 9.78 Å². The van der Waals surface area contributed by atoms with Gasteiger partial charge in [0.2, 0.25) is 5.91 Å². The van der Waals surface area contributed by atoms with E-state index in [1.807, 2.05) is 73.6 Å². The second-order valence-corrected chi connectivity index (χ2v) is 8.62. The summed E-state index contributed by atoms with van der Waals surface area (Å²) in [4.78, 5) is 18.6. The fourth-order valence-electron chi connectivity index (χ4n) is 3.61. The van der Waals surface area contributed by atoms with Gasteiger partial charge in [-0.05, 0) is 50.0 Å². The third-order valence-electron chi connectivity index (χ3n) is 5.48. The number of nitrogens with zero attached hydrogens (tertiary/aromatic N) is 3. The van der Waals surface area contributed by atoms with Gasteiger partial charge in [-0.1, -0.05) is 36.4 Å². The molecule has 0 saturated heterocycles. The first-order valence-electron chi connectivity index (χ1n) is 11.6. The summed E-state index contributed by atoms with van der Waals surface area (Å²) in [6, 6.07) is 22.5. The molecule has 4 rings (SSSR count). The Bertz CT molecular complexity index is 1460. The number of phenols is 1. The largest absolute Gasteiger partial charge is 0.506 e. The van der Waals surface area contributed by atoms with Crippen molar-refractivity contribution >= 4 is 33.9 Å². The lowest BCUT2D eigenvalue weighted by atomic mass is 10.1. The van der Waals surface area contributed by atoms with E-state index in [2.05, 4.69) is 21.7 Å². The average molecular weight is 494 g/mol. The van der Waals surface area contributed by atoms with Crippen LogP contribution in [-0.4, -0.2) is 41.5 Å². The smallest absolute Gasteiger partial charge is 0.248 e. The van der Waals surface area contributed by atoms with Crippen molar-refractivity contribution in [3.8, 4) is 17.6 Å². The Morgan fingerprint density at radius 1 is 1.14 bits per heavy atom. The van der Waals surface area contributed by atoms with Gasteiger partial charge in [0.25, 0.3) is 0 Å². The predicted octanol–water partition coefficient (Wildman–Crippen LogP) is 5.19. The number of hydrogen-bond acceptors (Lipinski definition) is 7. The van der Waals surface area contributed by atoms with Crippen LogP contribution in [0.4, 0.5) is 17.1 Å². The van der Waals surface area contributed by atoms with E-state index in [-0.39, 0.29) is 17.3 Å². The number of likely N-dealkylation sites (N-methyl/N-ethyl adjacent to an activating group) is 1. The van der Waals surface area contributed by atoms with Crippen LogP contribution in [0.2, 0.25) is 0 Å². The normalized spacial score (nSPS) is 11.0. The van der Waals surface area contributed by atoms with Gasteiger partial charge in [-0.15, -0.1) is 0 Å². The molecule has 0 fully saturated rings. The van der Waals surface area contributed by atoms with Crippen LogP contribution in [-0.2, 0) is 11.4 Å². The standard InChI is InChI=1S/C29H27N5O3/c1-34(2)14-6-9-28(36)33-26-15-24-25(16-27(26)35)31-18-21(17-30)29(24)32-22-10-12-23(13-11-22)37-19-20-7-4-3-5-8-20/h3-13,15-16,18,35H,14,19H2,1-2H3,(H,31,32)(H,33,36)/b9-6+. The molecule has 0 atom stereocenters. The lowest BCUT2D eigenvalue weighted by Crippen LogP contribution is -2.13. The van der Waals surface area contributed by atoms with E-state index in [0.717, 1.165) is 11.3 Å². The molecule has 0 spiro atoms. The Morgan fingerprint density at radius 2 is 1.89 bits per heavy atom. The highest BCUT2D eigenvalue weighted by Gasteiger charge is 2.14. The van der Waals surface area contributed by atoms with Crippen LogP contribution in [0.3, 0.4) is 0 Å². The van der Waals surface area contributed by atoms with E-state index in [1.165, 1.54) is 18.3 Å². The van der Waals surface area contributed by atoms with Crippen LogP contribution in [0, 0.1) is 11.3 Å². The van der Waals surface area contributed by atoms with E-state index in [4.69, 9.17) is 4.74 Å². The number of carbonyl (C=O) groups excluding carboxylic acids is 1. The van der Waals surface area contributed by atoms with Crippen LogP contribution in [0.25, 0.3) is 10.9 Å². The molecule has 1 heterocycles. The third-order valence-corrected chi connectivity index (χ3v) is 5.48. The molecule has 0 aliphatic rings. The second kappa shape index (κ2) is 11.7. The zero-order chi connectivity index (χ0) is 26.2. The molecule has 3 aromatic carbocycles. The number of anilines is 3. The molecule has 3 N–H and O–H groups in total. The van der Waals surface area contributed by atoms with Gasteiger partial charge in [0.1, 0.15) is 24.2 Å². The van der Waals surface area contributed by atoms with E-state index < -0.39 is 0 Å². The molecule has 4 aromatic rings. The van der Waals surface area contributed by atoms with Gasteiger partial charge in [0, 0.05) is 36.0 Å².